The van der Waals surface area contributed by atoms with Crippen molar-refractivity contribution in [3.63, 3.8) is 0 Å². The Hall–Kier alpha value is -1.38. The molecular formula is C9H11NO2. The second kappa shape index (κ2) is 2.30. The lowest BCUT2D eigenvalue weighted by Crippen LogP contribution is -1.94. The molecule has 2 rings (SSSR count). The van der Waals surface area contributed by atoms with Crippen molar-refractivity contribution in [3.8, 4) is 11.5 Å². The van der Waals surface area contributed by atoms with Crippen molar-refractivity contribution in [1.29, 1.82) is 0 Å². The van der Waals surface area contributed by atoms with Gasteiger partial charge in [0.1, 0.15) is 0 Å². The van der Waals surface area contributed by atoms with Crippen LogP contribution < -0.4 is 5.73 Å². The van der Waals surface area contributed by atoms with Crippen LogP contribution in [-0.2, 0) is 12.8 Å². The number of nitrogen functional groups attached to an aromatic ring is 1. The number of phenolic OH excluding ortho intramolecular Hbond substituents is 2. The molecule has 1 aromatic carbocycles. The van der Waals surface area contributed by atoms with Gasteiger partial charge in [0.25, 0.3) is 0 Å². The van der Waals surface area contributed by atoms with E-state index in [1.807, 2.05) is 0 Å². The SMILES string of the molecule is Nc1c(O)c(O)cc2c1CCC2. The second-order valence-corrected chi connectivity index (χ2v) is 3.15. The molecule has 0 saturated carbocycles. The molecule has 12 heavy (non-hydrogen) atoms. The molecule has 0 radical (unpaired) electrons. The number of hydrogen-bond acceptors (Lipinski definition) is 3. The molecule has 0 amide bonds. The van der Waals surface area contributed by atoms with Gasteiger partial charge in [0.2, 0.25) is 0 Å². The highest BCUT2D eigenvalue weighted by molar-refractivity contribution is 5.67. The summed E-state index contributed by atoms with van der Waals surface area (Å²) in [7, 11) is 0. The van der Waals surface area contributed by atoms with E-state index in [9.17, 15) is 10.2 Å². The lowest BCUT2D eigenvalue weighted by Gasteiger charge is -2.07. The molecule has 0 unspecified atom stereocenters. The quantitative estimate of drug-likeness (QED) is 0.399. The van der Waals surface area contributed by atoms with Gasteiger partial charge in [-0.3, -0.25) is 0 Å². The number of rotatable bonds is 0. The van der Waals surface area contributed by atoms with E-state index < -0.39 is 0 Å². The van der Waals surface area contributed by atoms with Gasteiger partial charge in [-0.05, 0) is 36.5 Å². The van der Waals surface area contributed by atoms with E-state index in [2.05, 4.69) is 0 Å². The van der Waals surface area contributed by atoms with Crippen molar-refractivity contribution < 1.29 is 10.2 Å². The lowest BCUT2D eigenvalue weighted by molar-refractivity contribution is 0.405. The molecule has 64 valence electrons. The molecule has 1 aromatic rings. The number of hydrogen-bond donors (Lipinski definition) is 3. The van der Waals surface area contributed by atoms with Crippen molar-refractivity contribution >= 4 is 5.69 Å². The molecule has 1 aliphatic rings. The molecule has 0 spiro atoms. The predicted molar refractivity (Wildman–Crippen MR) is 46.2 cm³/mol. The first-order valence-corrected chi connectivity index (χ1v) is 4.02. The van der Waals surface area contributed by atoms with Crippen molar-refractivity contribution in [1.82, 2.24) is 0 Å². The molecule has 0 atom stereocenters. The van der Waals surface area contributed by atoms with Gasteiger partial charge >= 0.3 is 0 Å². The minimum Gasteiger partial charge on any atom is -0.504 e. The maximum atomic E-state index is 9.30. The molecule has 1 aliphatic carbocycles. The van der Waals surface area contributed by atoms with Crippen molar-refractivity contribution in [2.45, 2.75) is 19.3 Å². The Balaban J connectivity index is 2.67. The van der Waals surface area contributed by atoms with E-state index in [-0.39, 0.29) is 11.5 Å². The molecule has 0 aromatic heterocycles. The summed E-state index contributed by atoms with van der Waals surface area (Å²) in [4.78, 5) is 0. The zero-order chi connectivity index (χ0) is 8.72. The number of phenols is 2. The summed E-state index contributed by atoms with van der Waals surface area (Å²) in [6.07, 6.45) is 2.92. The number of aryl methyl sites for hydroxylation is 1. The van der Waals surface area contributed by atoms with Gasteiger partial charge in [-0.2, -0.15) is 0 Å². The highest BCUT2D eigenvalue weighted by Gasteiger charge is 2.18. The molecular weight excluding hydrogens is 154 g/mol. The van der Waals surface area contributed by atoms with E-state index >= 15 is 0 Å². The smallest absolute Gasteiger partial charge is 0.181 e. The van der Waals surface area contributed by atoms with Gasteiger partial charge in [0, 0.05) is 0 Å². The predicted octanol–water partition coefficient (Wildman–Crippen LogP) is 1.17. The van der Waals surface area contributed by atoms with Gasteiger partial charge in [0.15, 0.2) is 11.5 Å². The van der Waals surface area contributed by atoms with Gasteiger partial charge in [-0.25, -0.2) is 0 Å². The molecule has 0 fully saturated rings. The van der Waals surface area contributed by atoms with Crippen LogP contribution in [-0.4, -0.2) is 10.2 Å². The van der Waals surface area contributed by atoms with Crippen molar-refractivity contribution in [2.75, 3.05) is 5.73 Å². The average Bonchev–Trinajstić information content (AvgIpc) is 2.48. The third-order valence-corrected chi connectivity index (χ3v) is 2.39. The van der Waals surface area contributed by atoms with E-state index in [0.717, 1.165) is 30.4 Å². The van der Waals surface area contributed by atoms with E-state index in [1.54, 1.807) is 6.07 Å². The highest BCUT2D eigenvalue weighted by Crippen LogP contribution is 2.39. The molecule has 0 aliphatic heterocycles. The molecule has 3 nitrogen and oxygen atoms in total. The topological polar surface area (TPSA) is 66.5 Å². The molecule has 4 N–H and O–H groups in total. The van der Waals surface area contributed by atoms with Crippen LogP contribution >= 0.6 is 0 Å². The van der Waals surface area contributed by atoms with Crippen LogP contribution in [0.2, 0.25) is 0 Å². The summed E-state index contributed by atoms with van der Waals surface area (Å²) < 4.78 is 0. The summed E-state index contributed by atoms with van der Waals surface area (Å²) in [5, 5.41) is 18.5. The maximum Gasteiger partial charge on any atom is 0.181 e. The highest BCUT2D eigenvalue weighted by atomic mass is 16.3. The number of aromatic hydroxyl groups is 2. The zero-order valence-corrected chi connectivity index (χ0v) is 6.67. The van der Waals surface area contributed by atoms with E-state index in [1.165, 1.54) is 0 Å². The van der Waals surface area contributed by atoms with Crippen LogP contribution in [0.4, 0.5) is 5.69 Å². The Morgan fingerprint density at radius 1 is 1.25 bits per heavy atom. The largest absolute Gasteiger partial charge is 0.504 e. The first-order chi connectivity index (χ1) is 5.70. The van der Waals surface area contributed by atoms with Crippen molar-refractivity contribution in [2.24, 2.45) is 0 Å². The van der Waals surface area contributed by atoms with Crippen LogP contribution in [0.1, 0.15) is 17.5 Å². The van der Waals surface area contributed by atoms with Crippen LogP contribution in [0.3, 0.4) is 0 Å². The lowest BCUT2D eigenvalue weighted by atomic mass is 10.1. The first kappa shape index (κ1) is 7.28. The summed E-state index contributed by atoms with van der Waals surface area (Å²) >= 11 is 0. The second-order valence-electron chi connectivity index (χ2n) is 3.15. The summed E-state index contributed by atoms with van der Waals surface area (Å²) in [5.74, 6) is -0.274. The van der Waals surface area contributed by atoms with Crippen LogP contribution in [0.5, 0.6) is 11.5 Å². The monoisotopic (exact) mass is 165 g/mol. The molecule has 0 bridgehead atoms. The Morgan fingerprint density at radius 2 is 2.00 bits per heavy atom. The van der Waals surface area contributed by atoms with Crippen LogP contribution in [0.25, 0.3) is 0 Å². The Kier molecular flexibility index (Phi) is 1.40. The standard InChI is InChI=1S/C9H11NO2/c10-8-6-3-1-2-5(6)4-7(11)9(8)12/h4,11-12H,1-3,10H2. The summed E-state index contributed by atoms with van der Waals surface area (Å²) in [5.41, 5.74) is 8.05. The number of fused-ring (bicyclic) bond motifs is 1. The fourth-order valence-corrected chi connectivity index (χ4v) is 1.75. The fraction of sp³-hybridized carbons (Fsp3) is 0.333. The molecule has 0 heterocycles. The Labute approximate surface area is 70.4 Å². The molecule has 3 heteroatoms. The Bertz CT molecular complexity index is 334. The number of anilines is 1. The first-order valence-electron chi connectivity index (χ1n) is 4.02. The molecule has 0 saturated heterocycles. The van der Waals surface area contributed by atoms with Gasteiger partial charge in [-0.15, -0.1) is 0 Å². The normalized spacial score (nSPS) is 14.7. The number of benzene rings is 1. The van der Waals surface area contributed by atoms with Crippen molar-refractivity contribution in [3.05, 3.63) is 17.2 Å². The van der Waals surface area contributed by atoms with Gasteiger partial charge < -0.3 is 15.9 Å². The fourth-order valence-electron chi connectivity index (χ4n) is 1.75. The minimum absolute atomic E-state index is 0.104. The summed E-state index contributed by atoms with van der Waals surface area (Å²) in [6, 6.07) is 1.61. The minimum atomic E-state index is -0.171. The Morgan fingerprint density at radius 3 is 2.75 bits per heavy atom. The summed E-state index contributed by atoms with van der Waals surface area (Å²) in [6.45, 7) is 0. The maximum absolute atomic E-state index is 9.30. The van der Waals surface area contributed by atoms with Crippen LogP contribution in [0.15, 0.2) is 6.07 Å². The average molecular weight is 165 g/mol. The zero-order valence-electron chi connectivity index (χ0n) is 6.67. The third kappa shape index (κ3) is 0.826. The van der Waals surface area contributed by atoms with E-state index in [4.69, 9.17) is 5.73 Å². The number of nitrogens with two attached hydrogens (primary N) is 1. The van der Waals surface area contributed by atoms with Crippen LogP contribution in [0, 0.1) is 0 Å². The van der Waals surface area contributed by atoms with Gasteiger partial charge in [0.05, 0.1) is 5.69 Å². The van der Waals surface area contributed by atoms with Gasteiger partial charge in [-0.1, -0.05) is 0 Å². The van der Waals surface area contributed by atoms with E-state index in [0.29, 0.717) is 5.69 Å². The third-order valence-electron chi connectivity index (χ3n) is 2.39.